The maximum Gasteiger partial charge on any atom is 0.235 e. The molecule has 7 nitrogen and oxygen atoms in total. The average molecular weight is 370 g/mol. The first kappa shape index (κ1) is 19.1. The van der Waals surface area contributed by atoms with Gasteiger partial charge in [-0.1, -0.05) is 32.9 Å². The summed E-state index contributed by atoms with van der Waals surface area (Å²) in [5, 5.41) is 7.86. The lowest BCUT2D eigenvalue weighted by atomic mass is 10.0. The summed E-state index contributed by atoms with van der Waals surface area (Å²) in [5.41, 5.74) is 2.07. The summed E-state index contributed by atoms with van der Waals surface area (Å²) in [5.74, 6) is 0.937. The van der Waals surface area contributed by atoms with Gasteiger partial charge in [-0.2, -0.15) is 0 Å². The van der Waals surface area contributed by atoms with Crippen LogP contribution >= 0.6 is 0 Å². The monoisotopic (exact) mass is 370 g/mol. The third-order valence-corrected chi connectivity index (χ3v) is 4.91. The van der Waals surface area contributed by atoms with Crippen molar-refractivity contribution in [1.82, 2.24) is 15.1 Å². The molecule has 1 saturated heterocycles. The number of amides is 2. The van der Waals surface area contributed by atoms with E-state index in [1.165, 1.54) is 5.56 Å². The summed E-state index contributed by atoms with van der Waals surface area (Å²) in [6.45, 7) is 6.84. The molecule has 0 saturated carbocycles. The molecule has 0 unspecified atom stereocenters. The highest BCUT2D eigenvalue weighted by atomic mass is 16.4. The molecule has 1 aromatic carbocycles. The Balaban J connectivity index is 1.64. The molecule has 144 valence electrons. The van der Waals surface area contributed by atoms with Crippen molar-refractivity contribution in [2.45, 2.75) is 46.1 Å². The molecule has 7 heteroatoms. The molecule has 2 aromatic rings. The Hall–Kier alpha value is -2.70. The molecule has 0 bridgehead atoms. The fourth-order valence-electron chi connectivity index (χ4n) is 3.25. The van der Waals surface area contributed by atoms with Gasteiger partial charge in [-0.25, -0.2) is 0 Å². The zero-order valence-electron chi connectivity index (χ0n) is 16.3. The first-order chi connectivity index (χ1) is 12.9. The van der Waals surface area contributed by atoms with Crippen LogP contribution in [0.3, 0.4) is 0 Å². The fraction of sp³-hybridized carbons (Fsp3) is 0.500. The van der Waals surface area contributed by atoms with Gasteiger partial charge in [-0.3, -0.25) is 9.59 Å². The number of rotatable bonds is 6. The number of hydrogen-bond acceptors (Lipinski definition) is 5. The smallest absolute Gasteiger partial charge is 0.235 e. The largest absolute Gasteiger partial charge is 0.423 e. The lowest BCUT2D eigenvalue weighted by Crippen LogP contribution is -2.34. The molecular weight excluding hydrogens is 344 g/mol. The summed E-state index contributed by atoms with van der Waals surface area (Å²) in [6.07, 6.45) is 0.880. The van der Waals surface area contributed by atoms with Crippen LogP contribution in [0.4, 0.5) is 5.69 Å². The highest BCUT2D eigenvalue weighted by Gasteiger charge is 2.36. The van der Waals surface area contributed by atoms with E-state index in [0.717, 1.165) is 5.69 Å². The molecular formula is C20H26N4O3. The Morgan fingerprint density at radius 1 is 1.26 bits per heavy atom. The third-order valence-electron chi connectivity index (χ3n) is 4.91. The van der Waals surface area contributed by atoms with E-state index in [1.807, 2.05) is 31.2 Å². The molecule has 0 spiro atoms. The van der Waals surface area contributed by atoms with Crippen LogP contribution in [-0.4, -0.2) is 40.5 Å². The van der Waals surface area contributed by atoms with E-state index in [-0.39, 0.29) is 30.7 Å². The number of hydrogen-bond donors (Lipinski definition) is 0. The van der Waals surface area contributed by atoms with E-state index in [9.17, 15) is 9.59 Å². The zero-order valence-corrected chi connectivity index (χ0v) is 16.3. The Morgan fingerprint density at radius 3 is 2.52 bits per heavy atom. The number of benzene rings is 1. The summed E-state index contributed by atoms with van der Waals surface area (Å²) < 4.78 is 5.46. The Morgan fingerprint density at radius 2 is 1.93 bits per heavy atom. The molecule has 2 amide bonds. The topological polar surface area (TPSA) is 79.5 Å². The maximum atomic E-state index is 12.7. The Labute approximate surface area is 159 Å². The number of aryl methyl sites for hydroxylation is 1. The average Bonchev–Trinajstić information content (AvgIpc) is 3.27. The molecule has 0 N–H and O–H groups in total. The minimum atomic E-state index is -0.360. The normalized spacial score (nSPS) is 17.0. The molecule has 1 aliphatic rings. The number of anilines is 1. The van der Waals surface area contributed by atoms with Gasteiger partial charge in [0.15, 0.2) is 0 Å². The maximum absolute atomic E-state index is 12.7. The lowest BCUT2D eigenvalue weighted by molar-refractivity contribution is -0.135. The van der Waals surface area contributed by atoms with Gasteiger partial charge in [0.1, 0.15) is 0 Å². The van der Waals surface area contributed by atoms with Crippen molar-refractivity contribution in [2.24, 2.45) is 5.92 Å². The second-order valence-corrected chi connectivity index (χ2v) is 7.29. The van der Waals surface area contributed by atoms with E-state index < -0.39 is 0 Å². The molecule has 2 heterocycles. The Bertz CT molecular complexity index is 813. The predicted molar refractivity (Wildman–Crippen MR) is 101 cm³/mol. The van der Waals surface area contributed by atoms with Crippen molar-refractivity contribution in [2.75, 3.05) is 18.5 Å². The van der Waals surface area contributed by atoms with Gasteiger partial charge in [0.2, 0.25) is 23.6 Å². The summed E-state index contributed by atoms with van der Waals surface area (Å²) in [7, 11) is 1.70. The first-order valence-electron chi connectivity index (χ1n) is 9.35. The van der Waals surface area contributed by atoms with Gasteiger partial charge < -0.3 is 14.2 Å². The van der Waals surface area contributed by atoms with Gasteiger partial charge in [-0.15, -0.1) is 10.2 Å². The number of aromatic nitrogens is 2. The van der Waals surface area contributed by atoms with Crippen LogP contribution in [-0.2, 0) is 22.6 Å². The van der Waals surface area contributed by atoms with Crippen LogP contribution in [0, 0.1) is 5.92 Å². The minimum Gasteiger partial charge on any atom is -0.423 e. The molecule has 27 heavy (non-hydrogen) atoms. The van der Waals surface area contributed by atoms with Crippen LogP contribution in [0.5, 0.6) is 0 Å². The minimum absolute atomic E-state index is 0.0230. The Kier molecular flexibility index (Phi) is 5.58. The molecule has 1 aliphatic heterocycles. The van der Waals surface area contributed by atoms with Crippen LogP contribution in [0.15, 0.2) is 28.7 Å². The van der Waals surface area contributed by atoms with Crippen LogP contribution in [0.2, 0.25) is 0 Å². The van der Waals surface area contributed by atoms with E-state index >= 15 is 0 Å². The molecule has 1 fully saturated rings. The van der Waals surface area contributed by atoms with E-state index in [1.54, 1.807) is 16.8 Å². The van der Waals surface area contributed by atoms with Crippen LogP contribution in [0.1, 0.15) is 50.5 Å². The SMILES string of the molecule is CCc1nnc(CN(C)C(=O)[C@H]2CC(=O)N(c3ccc(C(C)C)cc3)C2)o1. The lowest BCUT2D eigenvalue weighted by Gasteiger charge is -2.20. The first-order valence-corrected chi connectivity index (χ1v) is 9.35. The highest BCUT2D eigenvalue weighted by Crippen LogP contribution is 2.28. The summed E-state index contributed by atoms with van der Waals surface area (Å²) in [4.78, 5) is 28.4. The number of carbonyl (C=O) groups excluding carboxylic acids is 2. The van der Waals surface area contributed by atoms with Crippen molar-refractivity contribution in [3.63, 3.8) is 0 Å². The molecule has 0 aliphatic carbocycles. The van der Waals surface area contributed by atoms with Crippen molar-refractivity contribution in [3.8, 4) is 0 Å². The van der Waals surface area contributed by atoms with E-state index in [0.29, 0.717) is 30.7 Å². The second-order valence-electron chi connectivity index (χ2n) is 7.29. The molecule has 3 rings (SSSR count). The van der Waals surface area contributed by atoms with Gasteiger partial charge in [0.05, 0.1) is 12.5 Å². The van der Waals surface area contributed by atoms with Crippen molar-refractivity contribution >= 4 is 17.5 Å². The van der Waals surface area contributed by atoms with Crippen molar-refractivity contribution in [1.29, 1.82) is 0 Å². The fourth-order valence-corrected chi connectivity index (χ4v) is 3.25. The van der Waals surface area contributed by atoms with E-state index in [4.69, 9.17) is 4.42 Å². The highest BCUT2D eigenvalue weighted by molar-refractivity contribution is 6.00. The van der Waals surface area contributed by atoms with Gasteiger partial charge in [-0.05, 0) is 23.6 Å². The van der Waals surface area contributed by atoms with Gasteiger partial charge in [0, 0.05) is 32.1 Å². The van der Waals surface area contributed by atoms with Gasteiger partial charge >= 0.3 is 0 Å². The molecule has 0 radical (unpaired) electrons. The van der Waals surface area contributed by atoms with Crippen LogP contribution in [0.25, 0.3) is 0 Å². The van der Waals surface area contributed by atoms with Crippen LogP contribution < -0.4 is 4.90 Å². The van der Waals surface area contributed by atoms with E-state index in [2.05, 4.69) is 24.0 Å². The van der Waals surface area contributed by atoms with Gasteiger partial charge in [0.25, 0.3) is 0 Å². The standard InChI is InChI=1S/C20H26N4O3/c1-5-17-21-22-18(27-17)12-23(4)20(26)15-10-19(25)24(11-15)16-8-6-14(7-9-16)13(2)3/h6-9,13,15H,5,10-12H2,1-4H3/t15-/m0/s1. The zero-order chi connectivity index (χ0) is 19.6. The number of nitrogens with zero attached hydrogens (tertiary/aromatic N) is 4. The van der Waals surface area contributed by atoms with Crippen molar-refractivity contribution in [3.05, 3.63) is 41.6 Å². The summed E-state index contributed by atoms with van der Waals surface area (Å²) in [6, 6.07) is 7.98. The molecule has 1 aromatic heterocycles. The quantitative estimate of drug-likeness (QED) is 0.781. The molecule has 1 atom stereocenters. The van der Waals surface area contributed by atoms with Crippen molar-refractivity contribution < 1.29 is 14.0 Å². The second kappa shape index (κ2) is 7.90. The predicted octanol–water partition coefficient (Wildman–Crippen LogP) is 2.77. The number of carbonyl (C=O) groups is 2. The summed E-state index contributed by atoms with van der Waals surface area (Å²) >= 11 is 0. The third kappa shape index (κ3) is 4.18.